The molecule has 1 fully saturated rings. The fourth-order valence-corrected chi connectivity index (χ4v) is 1.92. The Balaban J connectivity index is 2.06. The van der Waals surface area contributed by atoms with Gasteiger partial charge in [0, 0.05) is 31.0 Å². The molecule has 1 N–H and O–H groups in total. The van der Waals surface area contributed by atoms with E-state index in [0.29, 0.717) is 19.3 Å². The SMILES string of the molecule is COCCOc1nc(C)cc(C)c1CNC1CC1. The number of nitrogens with one attached hydrogen (secondary N) is 1. The van der Waals surface area contributed by atoms with Crippen LogP contribution in [0.25, 0.3) is 0 Å². The van der Waals surface area contributed by atoms with Crippen LogP contribution in [0.3, 0.4) is 0 Å². The number of methoxy groups -OCH3 is 1. The zero-order valence-corrected chi connectivity index (χ0v) is 11.5. The van der Waals surface area contributed by atoms with E-state index in [1.165, 1.54) is 24.0 Å². The lowest BCUT2D eigenvalue weighted by Gasteiger charge is -2.14. The number of hydrogen-bond donors (Lipinski definition) is 1. The van der Waals surface area contributed by atoms with E-state index >= 15 is 0 Å². The molecule has 100 valence electrons. The van der Waals surface area contributed by atoms with Gasteiger partial charge in [-0.3, -0.25) is 0 Å². The van der Waals surface area contributed by atoms with Crippen LogP contribution in [0.2, 0.25) is 0 Å². The molecule has 1 aliphatic rings. The molecule has 1 saturated carbocycles. The van der Waals surface area contributed by atoms with Crippen molar-refractivity contribution in [3.63, 3.8) is 0 Å². The maximum Gasteiger partial charge on any atom is 0.218 e. The summed E-state index contributed by atoms with van der Waals surface area (Å²) in [4.78, 5) is 4.49. The third-order valence-corrected chi connectivity index (χ3v) is 3.11. The van der Waals surface area contributed by atoms with Crippen LogP contribution in [0.1, 0.15) is 29.7 Å². The smallest absolute Gasteiger partial charge is 0.218 e. The van der Waals surface area contributed by atoms with Gasteiger partial charge in [-0.2, -0.15) is 0 Å². The van der Waals surface area contributed by atoms with E-state index in [2.05, 4.69) is 23.3 Å². The fourth-order valence-electron chi connectivity index (χ4n) is 1.92. The highest BCUT2D eigenvalue weighted by Gasteiger charge is 2.21. The number of aryl methyl sites for hydroxylation is 2. The predicted octanol–water partition coefficient (Wildman–Crippen LogP) is 1.98. The maximum absolute atomic E-state index is 5.72. The van der Waals surface area contributed by atoms with E-state index < -0.39 is 0 Å². The van der Waals surface area contributed by atoms with Crippen molar-refractivity contribution in [3.8, 4) is 5.88 Å². The predicted molar refractivity (Wildman–Crippen MR) is 70.9 cm³/mol. The molecule has 0 saturated heterocycles. The molecule has 0 atom stereocenters. The van der Waals surface area contributed by atoms with Crippen LogP contribution in [0.4, 0.5) is 0 Å². The molecule has 0 bridgehead atoms. The number of nitrogens with zero attached hydrogens (tertiary/aromatic N) is 1. The van der Waals surface area contributed by atoms with Gasteiger partial charge in [-0.25, -0.2) is 4.98 Å². The molecule has 1 aromatic heterocycles. The monoisotopic (exact) mass is 250 g/mol. The first-order valence-electron chi connectivity index (χ1n) is 6.53. The summed E-state index contributed by atoms with van der Waals surface area (Å²) in [6.07, 6.45) is 2.58. The van der Waals surface area contributed by atoms with E-state index in [0.717, 1.165) is 18.1 Å². The Morgan fingerprint density at radius 1 is 1.33 bits per heavy atom. The van der Waals surface area contributed by atoms with Gasteiger partial charge in [0.15, 0.2) is 0 Å². The van der Waals surface area contributed by atoms with Gasteiger partial charge in [-0.05, 0) is 38.3 Å². The van der Waals surface area contributed by atoms with Crippen molar-refractivity contribution in [1.29, 1.82) is 0 Å². The minimum Gasteiger partial charge on any atom is -0.475 e. The quantitative estimate of drug-likeness (QED) is 0.751. The molecular weight excluding hydrogens is 228 g/mol. The summed E-state index contributed by atoms with van der Waals surface area (Å²) in [5, 5.41) is 3.51. The van der Waals surface area contributed by atoms with Crippen molar-refractivity contribution in [2.45, 2.75) is 39.3 Å². The van der Waals surface area contributed by atoms with Crippen LogP contribution in [0.15, 0.2) is 6.07 Å². The Morgan fingerprint density at radius 2 is 2.11 bits per heavy atom. The molecule has 0 amide bonds. The second kappa shape index (κ2) is 6.16. The van der Waals surface area contributed by atoms with Crippen LogP contribution >= 0.6 is 0 Å². The summed E-state index contributed by atoms with van der Waals surface area (Å²) in [5.41, 5.74) is 3.40. The van der Waals surface area contributed by atoms with Gasteiger partial charge in [0.25, 0.3) is 0 Å². The summed E-state index contributed by atoms with van der Waals surface area (Å²) >= 11 is 0. The van der Waals surface area contributed by atoms with E-state index in [1.807, 2.05) is 6.92 Å². The number of pyridine rings is 1. The highest BCUT2D eigenvalue weighted by Crippen LogP contribution is 2.24. The van der Waals surface area contributed by atoms with Crippen LogP contribution in [0.5, 0.6) is 5.88 Å². The Morgan fingerprint density at radius 3 is 2.78 bits per heavy atom. The Bertz CT molecular complexity index is 403. The third kappa shape index (κ3) is 3.68. The zero-order chi connectivity index (χ0) is 13.0. The van der Waals surface area contributed by atoms with Gasteiger partial charge in [-0.1, -0.05) is 0 Å². The maximum atomic E-state index is 5.72. The summed E-state index contributed by atoms with van der Waals surface area (Å²) in [5.74, 6) is 0.748. The molecule has 0 aromatic carbocycles. The molecular formula is C14H22N2O2. The first-order valence-corrected chi connectivity index (χ1v) is 6.53. The largest absolute Gasteiger partial charge is 0.475 e. The highest BCUT2D eigenvalue weighted by molar-refractivity contribution is 5.36. The Hall–Kier alpha value is -1.13. The second-order valence-electron chi connectivity index (χ2n) is 4.86. The number of aromatic nitrogens is 1. The summed E-state index contributed by atoms with van der Waals surface area (Å²) < 4.78 is 10.7. The van der Waals surface area contributed by atoms with Crippen molar-refractivity contribution in [2.24, 2.45) is 0 Å². The first kappa shape index (κ1) is 13.3. The molecule has 4 nitrogen and oxygen atoms in total. The number of ether oxygens (including phenoxy) is 2. The van der Waals surface area contributed by atoms with Crippen LogP contribution < -0.4 is 10.1 Å². The summed E-state index contributed by atoms with van der Waals surface area (Å²) in [6.45, 7) is 6.08. The van der Waals surface area contributed by atoms with Gasteiger partial charge in [0.2, 0.25) is 5.88 Å². The van der Waals surface area contributed by atoms with E-state index in [9.17, 15) is 0 Å². The van der Waals surface area contributed by atoms with E-state index in [-0.39, 0.29) is 0 Å². The normalized spacial score (nSPS) is 14.8. The minimum atomic E-state index is 0.544. The molecule has 0 unspecified atom stereocenters. The van der Waals surface area contributed by atoms with Crippen molar-refractivity contribution >= 4 is 0 Å². The van der Waals surface area contributed by atoms with Crippen LogP contribution in [-0.2, 0) is 11.3 Å². The molecule has 2 rings (SSSR count). The summed E-state index contributed by atoms with van der Waals surface area (Å²) in [7, 11) is 1.67. The lowest BCUT2D eigenvalue weighted by Crippen LogP contribution is -2.18. The molecule has 0 aliphatic heterocycles. The average Bonchev–Trinajstić information content (AvgIpc) is 3.12. The Kier molecular flexibility index (Phi) is 4.55. The lowest BCUT2D eigenvalue weighted by atomic mass is 10.1. The van der Waals surface area contributed by atoms with Crippen LogP contribution in [0, 0.1) is 13.8 Å². The molecule has 1 aromatic rings. The minimum absolute atomic E-state index is 0.544. The third-order valence-electron chi connectivity index (χ3n) is 3.11. The topological polar surface area (TPSA) is 43.4 Å². The lowest BCUT2D eigenvalue weighted by molar-refractivity contribution is 0.143. The molecule has 0 spiro atoms. The number of rotatable bonds is 7. The fraction of sp³-hybridized carbons (Fsp3) is 0.643. The Labute approximate surface area is 109 Å². The zero-order valence-electron chi connectivity index (χ0n) is 11.5. The standard InChI is InChI=1S/C14H22N2O2/c1-10-8-11(2)16-14(18-7-6-17-3)13(10)9-15-12-4-5-12/h8,12,15H,4-7,9H2,1-3H3. The van der Waals surface area contributed by atoms with Crippen molar-refractivity contribution in [3.05, 3.63) is 22.9 Å². The summed E-state index contributed by atoms with van der Waals surface area (Å²) in [6, 6.07) is 2.80. The molecule has 1 heterocycles. The second-order valence-corrected chi connectivity index (χ2v) is 4.86. The van der Waals surface area contributed by atoms with E-state index in [1.54, 1.807) is 7.11 Å². The van der Waals surface area contributed by atoms with E-state index in [4.69, 9.17) is 9.47 Å². The van der Waals surface area contributed by atoms with Gasteiger partial charge < -0.3 is 14.8 Å². The molecule has 1 aliphatic carbocycles. The van der Waals surface area contributed by atoms with Gasteiger partial charge in [0.1, 0.15) is 6.61 Å². The van der Waals surface area contributed by atoms with Gasteiger partial charge >= 0.3 is 0 Å². The van der Waals surface area contributed by atoms with Crippen molar-refractivity contribution in [2.75, 3.05) is 20.3 Å². The average molecular weight is 250 g/mol. The van der Waals surface area contributed by atoms with Gasteiger partial charge in [-0.15, -0.1) is 0 Å². The first-order chi connectivity index (χ1) is 8.70. The van der Waals surface area contributed by atoms with Gasteiger partial charge in [0.05, 0.1) is 6.61 Å². The highest BCUT2D eigenvalue weighted by atomic mass is 16.5. The van der Waals surface area contributed by atoms with Crippen molar-refractivity contribution in [1.82, 2.24) is 10.3 Å². The molecule has 18 heavy (non-hydrogen) atoms. The number of hydrogen-bond acceptors (Lipinski definition) is 4. The van der Waals surface area contributed by atoms with Crippen LogP contribution in [-0.4, -0.2) is 31.3 Å². The molecule has 0 radical (unpaired) electrons. The van der Waals surface area contributed by atoms with Crippen molar-refractivity contribution < 1.29 is 9.47 Å². The molecule has 4 heteroatoms.